The lowest BCUT2D eigenvalue weighted by Gasteiger charge is -2.18. The predicted octanol–water partition coefficient (Wildman–Crippen LogP) is 2.17. The van der Waals surface area contributed by atoms with Crippen LogP contribution < -0.4 is 5.32 Å². The minimum atomic E-state index is -1.02. The molecule has 5 heteroatoms. The first-order valence-electron chi connectivity index (χ1n) is 5.36. The van der Waals surface area contributed by atoms with Crippen LogP contribution in [0, 0.1) is 12.3 Å². The van der Waals surface area contributed by atoms with Gasteiger partial charge in [-0.3, -0.25) is 9.59 Å². The summed E-state index contributed by atoms with van der Waals surface area (Å²) in [6, 6.07) is 1.99. The Bertz CT molecular complexity index is 423. The Morgan fingerprint density at radius 3 is 2.59 bits per heavy atom. The molecule has 0 radical (unpaired) electrons. The van der Waals surface area contributed by atoms with Gasteiger partial charge >= 0.3 is 5.97 Å². The van der Waals surface area contributed by atoms with Gasteiger partial charge in [0.05, 0.1) is 12.0 Å². The molecule has 1 aromatic heterocycles. The Kier molecular flexibility index (Phi) is 4.28. The van der Waals surface area contributed by atoms with E-state index in [1.165, 1.54) is 0 Å². The standard InChI is InChI=1S/C12H17NO3S/c1-8-4-5-17-9(8)7-13-10(14)6-12(2,3)11(15)16/h4-5H,6-7H2,1-3H3,(H,13,14)(H,15,16). The lowest BCUT2D eigenvalue weighted by molar-refractivity contribution is -0.149. The highest BCUT2D eigenvalue weighted by Crippen LogP contribution is 2.20. The zero-order chi connectivity index (χ0) is 13.1. The highest BCUT2D eigenvalue weighted by Gasteiger charge is 2.29. The summed E-state index contributed by atoms with van der Waals surface area (Å²) < 4.78 is 0. The summed E-state index contributed by atoms with van der Waals surface area (Å²) in [5, 5.41) is 13.6. The summed E-state index contributed by atoms with van der Waals surface area (Å²) in [6.45, 7) is 5.55. The van der Waals surface area contributed by atoms with Gasteiger partial charge in [0.25, 0.3) is 0 Å². The zero-order valence-electron chi connectivity index (χ0n) is 10.2. The molecule has 0 saturated heterocycles. The number of amides is 1. The maximum atomic E-state index is 11.6. The van der Waals surface area contributed by atoms with Crippen molar-refractivity contribution in [2.45, 2.75) is 33.7 Å². The maximum Gasteiger partial charge on any atom is 0.309 e. The number of nitrogens with one attached hydrogen (secondary N) is 1. The van der Waals surface area contributed by atoms with E-state index in [0.717, 1.165) is 10.4 Å². The lowest BCUT2D eigenvalue weighted by atomic mass is 9.89. The van der Waals surface area contributed by atoms with Crippen LogP contribution in [0.3, 0.4) is 0 Å². The second kappa shape index (κ2) is 5.31. The van der Waals surface area contributed by atoms with Gasteiger partial charge in [0, 0.05) is 11.3 Å². The molecule has 1 aromatic rings. The van der Waals surface area contributed by atoms with E-state index >= 15 is 0 Å². The molecule has 0 bridgehead atoms. The van der Waals surface area contributed by atoms with E-state index in [-0.39, 0.29) is 12.3 Å². The Morgan fingerprint density at radius 2 is 2.12 bits per heavy atom. The average molecular weight is 255 g/mol. The fraction of sp³-hybridized carbons (Fsp3) is 0.500. The summed E-state index contributed by atoms with van der Waals surface area (Å²) in [7, 11) is 0. The summed E-state index contributed by atoms with van der Waals surface area (Å²) >= 11 is 1.58. The SMILES string of the molecule is Cc1ccsc1CNC(=O)CC(C)(C)C(=O)O. The third-order valence-electron chi connectivity index (χ3n) is 2.60. The van der Waals surface area contributed by atoms with Crippen molar-refractivity contribution in [3.63, 3.8) is 0 Å². The molecule has 0 atom stereocenters. The normalized spacial score (nSPS) is 11.2. The van der Waals surface area contributed by atoms with Crippen molar-refractivity contribution in [2.75, 3.05) is 0 Å². The second-order valence-electron chi connectivity index (χ2n) is 4.67. The van der Waals surface area contributed by atoms with E-state index in [1.54, 1.807) is 25.2 Å². The van der Waals surface area contributed by atoms with Gasteiger partial charge in [-0.05, 0) is 37.8 Å². The highest BCUT2D eigenvalue weighted by atomic mass is 32.1. The Hall–Kier alpha value is -1.36. The number of carbonyl (C=O) groups is 2. The fourth-order valence-electron chi connectivity index (χ4n) is 1.30. The van der Waals surface area contributed by atoms with Crippen LogP contribution in [0.2, 0.25) is 0 Å². The van der Waals surface area contributed by atoms with Crippen LogP contribution >= 0.6 is 11.3 Å². The number of carboxylic acid groups (broad SMARTS) is 1. The third kappa shape index (κ3) is 3.85. The van der Waals surface area contributed by atoms with Crippen LogP contribution in [-0.2, 0) is 16.1 Å². The molecule has 0 aliphatic heterocycles. The molecule has 1 amide bonds. The summed E-state index contributed by atoms with van der Waals surface area (Å²) in [6.07, 6.45) is -0.00719. The number of carboxylic acids is 1. The molecule has 0 fully saturated rings. The van der Waals surface area contributed by atoms with Crippen LogP contribution in [0.5, 0.6) is 0 Å². The van der Waals surface area contributed by atoms with Crippen molar-refractivity contribution < 1.29 is 14.7 Å². The summed E-state index contributed by atoms with van der Waals surface area (Å²) in [5.41, 5.74) is 0.127. The molecule has 0 aromatic carbocycles. The van der Waals surface area contributed by atoms with E-state index in [0.29, 0.717) is 6.54 Å². The topological polar surface area (TPSA) is 66.4 Å². The van der Waals surface area contributed by atoms with Crippen molar-refractivity contribution in [3.05, 3.63) is 21.9 Å². The monoisotopic (exact) mass is 255 g/mol. The van der Waals surface area contributed by atoms with Gasteiger partial charge in [0.2, 0.25) is 5.91 Å². The average Bonchev–Trinajstić information content (AvgIpc) is 2.60. The van der Waals surface area contributed by atoms with Gasteiger partial charge < -0.3 is 10.4 Å². The molecule has 94 valence electrons. The Balaban J connectivity index is 2.46. The molecule has 17 heavy (non-hydrogen) atoms. The van der Waals surface area contributed by atoms with Crippen LogP contribution in [0.25, 0.3) is 0 Å². The van der Waals surface area contributed by atoms with Gasteiger partial charge in [-0.2, -0.15) is 0 Å². The van der Waals surface area contributed by atoms with Crippen LogP contribution in [-0.4, -0.2) is 17.0 Å². The van der Waals surface area contributed by atoms with Crippen molar-refractivity contribution in [1.29, 1.82) is 0 Å². The minimum Gasteiger partial charge on any atom is -0.481 e. The van der Waals surface area contributed by atoms with E-state index in [9.17, 15) is 9.59 Å². The molecular weight excluding hydrogens is 238 g/mol. The van der Waals surface area contributed by atoms with Crippen molar-refractivity contribution in [2.24, 2.45) is 5.41 Å². The third-order valence-corrected chi connectivity index (χ3v) is 3.62. The quantitative estimate of drug-likeness (QED) is 0.847. The number of hydrogen-bond acceptors (Lipinski definition) is 3. The summed E-state index contributed by atoms with van der Waals surface area (Å²) in [4.78, 5) is 23.6. The number of aryl methyl sites for hydroxylation is 1. The fourth-order valence-corrected chi connectivity index (χ4v) is 2.15. The molecule has 0 saturated carbocycles. The summed E-state index contributed by atoms with van der Waals surface area (Å²) in [5.74, 6) is -1.19. The van der Waals surface area contributed by atoms with E-state index in [4.69, 9.17) is 5.11 Å². The van der Waals surface area contributed by atoms with Crippen LogP contribution in [0.4, 0.5) is 0 Å². The smallest absolute Gasteiger partial charge is 0.309 e. The van der Waals surface area contributed by atoms with E-state index in [2.05, 4.69) is 5.32 Å². The van der Waals surface area contributed by atoms with E-state index in [1.807, 2.05) is 18.4 Å². The predicted molar refractivity (Wildman–Crippen MR) is 66.9 cm³/mol. The van der Waals surface area contributed by atoms with Crippen molar-refractivity contribution >= 4 is 23.2 Å². The molecule has 2 N–H and O–H groups in total. The molecule has 0 unspecified atom stereocenters. The second-order valence-corrected chi connectivity index (χ2v) is 5.67. The number of thiophene rings is 1. The molecule has 4 nitrogen and oxygen atoms in total. The van der Waals surface area contributed by atoms with Gasteiger partial charge in [0.15, 0.2) is 0 Å². The van der Waals surface area contributed by atoms with Crippen molar-refractivity contribution in [3.8, 4) is 0 Å². The molecule has 0 aliphatic rings. The van der Waals surface area contributed by atoms with E-state index < -0.39 is 11.4 Å². The first-order valence-corrected chi connectivity index (χ1v) is 6.24. The Morgan fingerprint density at radius 1 is 1.47 bits per heavy atom. The molecule has 0 spiro atoms. The number of hydrogen-bond donors (Lipinski definition) is 2. The lowest BCUT2D eigenvalue weighted by Crippen LogP contribution is -2.33. The molecule has 1 rings (SSSR count). The van der Waals surface area contributed by atoms with Gasteiger partial charge in [-0.25, -0.2) is 0 Å². The number of rotatable bonds is 5. The molecular formula is C12H17NO3S. The Labute approximate surface area is 105 Å². The minimum absolute atomic E-state index is 0.00719. The molecule has 1 heterocycles. The first kappa shape index (κ1) is 13.7. The van der Waals surface area contributed by atoms with Gasteiger partial charge in [0.1, 0.15) is 0 Å². The van der Waals surface area contributed by atoms with Crippen LogP contribution in [0.15, 0.2) is 11.4 Å². The number of aliphatic carboxylic acids is 1. The number of carbonyl (C=O) groups excluding carboxylic acids is 1. The van der Waals surface area contributed by atoms with Crippen LogP contribution in [0.1, 0.15) is 30.7 Å². The van der Waals surface area contributed by atoms with Gasteiger partial charge in [-0.1, -0.05) is 0 Å². The zero-order valence-corrected chi connectivity index (χ0v) is 11.1. The molecule has 0 aliphatic carbocycles. The maximum absolute atomic E-state index is 11.6. The highest BCUT2D eigenvalue weighted by molar-refractivity contribution is 7.10. The largest absolute Gasteiger partial charge is 0.481 e. The van der Waals surface area contributed by atoms with Gasteiger partial charge in [-0.15, -0.1) is 11.3 Å². The van der Waals surface area contributed by atoms with Crippen molar-refractivity contribution in [1.82, 2.24) is 5.32 Å². The first-order chi connectivity index (χ1) is 7.83.